The van der Waals surface area contributed by atoms with Gasteiger partial charge in [-0.05, 0) is 23.9 Å². The Hall–Kier alpha value is -1.44. The molecule has 2 heteroatoms. The predicted molar refractivity (Wildman–Crippen MR) is 59.9 cm³/mol. The summed E-state index contributed by atoms with van der Waals surface area (Å²) in [4.78, 5) is 0. The Kier molecular flexibility index (Phi) is 3.78. The van der Waals surface area contributed by atoms with E-state index in [1.54, 1.807) is 25.1 Å². The first kappa shape index (κ1) is 11.6. The van der Waals surface area contributed by atoms with E-state index in [4.69, 9.17) is 0 Å². The van der Waals surface area contributed by atoms with E-state index in [9.17, 15) is 8.78 Å². The summed E-state index contributed by atoms with van der Waals surface area (Å²) >= 11 is 0. The number of hydrogen-bond acceptors (Lipinski definition) is 0. The van der Waals surface area contributed by atoms with Gasteiger partial charge in [0.2, 0.25) is 0 Å². The van der Waals surface area contributed by atoms with Crippen LogP contribution >= 0.6 is 0 Å². The summed E-state index contributed by atoms with van der Waals surface area (Å²) in [7, 11) is 0. The van der Waals surface area contributed by atoms with E-state index in [1.807, 2.05) is 19.9 Å². The molecule has 0 aliphatic heterocycles. The fraction of sp³-hybridized carbons (Fsp3) is 0.231. The van der Waals surface area contributed by atoms with Crippen molar-refractivity contribution in [2.75, 3.05) is 0 Å². The molecule has 0 amide bonds. The van der Waals surface area contributed by atoms with Crippen LogP contribution < -0.4 is 0 Å². The molecule has 0 aliphatic carbocycles. The Morgan fingerprint density at radius 2 is 1.60 bits per heavy atom. The molecule has 0 spiro atoms. The maximum absolute atomic E-state index is 13.3. The van der Waals surface area contributed by atoms with Crippen LogP contribution in [0.1, 0.15) is 19.4 Å². The summed E-state index contributed by atoms with van der Waals surface area (Å²) in [6, 6.07) is 8.10. The lowest BCUT2D eigenvalue weighted by Gasteiger charge is -2.03. The van der Waals surface area contributed by atoms with Gasteiger partial charge in [0.05, 0.1) is 0 Å². The Morgan fingerprint density at radius 3 is 2.27 bits per heavy atom. The molecule has 80 valence electrons. The maximum atomic E-state index is 13.3. The van der Waals surface area contributed by atoms with E-state index in [2.05, 4.69) is 0 Å². The third kappa shape index (κ3) is 2.14. The molecule has 0 nitrogen and oxygen atoms in total. The minimum absolute atomic E-state index is 0.377. The zero-order chi connectivity index (χ0) is 11.4. The molecular formula is C13H14F2. The van der Waals surface area contributed by atoms with Crippen LogP contribution in [0.25, 0.3) is 10.8 Å². The molecule has 0 N–H and O–H groups in total. The van der Waals surface area contributed by atoms with E-state index < -0.39 is 11.6 Å². The lowest BCUT2D eigenvalue weighted by Crippen LogP contribution is -1.88. The molecule has 0 radical (unpaired) electrons. The highest BCUT2D eigenvalue weighted by Crippen LogP contribution is 2.23. The van der Waals surface area contributed by atoms with Crippen molar-refractivity contribution in [3.63, 3.8) is 0 Å². The minimum atomic E-state index is -0.790. The Bertz CT molecular complexity index is 461. The quantitative estimate of drug-likeness (QED) is 0.600. The number of hydrogen-bond donors (Lipinski definition) is 0. The zero-order valence-electron chi connectivity index (χ0n) is 9.14. The van der Waals surface area contributed by atoms with Gasteiger partial charge in [0, 0.05) is 5.39 Å². The van der Waals surface area contributed by atoms with Crippen molar-refractivity contribution >= 4 is 10.8 Å². The number of rotatable bonds is 0. The topological polar surface area (TPSA) is 0 Å². The highest BCUT2D eigenvalue weighted by atomic mass is 19.2. The fourth-order valence-corrected chi connectivity index (χ4v) is 1.48. The second kappa shape index (κ2) is 4.87. The Balaban J connectivity index is 0.000000531. The van der Waals surface area contributed by atoms with E-state index in [0.29, 0.717) is 5.39 Å². The van der Waals surface area contributed by atoms with Crippen molar-refractivity contribution in [1.82, 2.24) is 0 Å². The smallest absolute Gasteiger partial charge is 0.166 e. The van der Waals surface area contributed by atoms with Gasteiger partial charge in [0.1, 0.15) is 0 Å². The molecule has 0 fully saturated rings. The van der Waals surface area contributed by atoms with Gasteiger partial charge >= 0.3 is 0 Å². The van der Waals surface area contributed by atoms with E-state index >= 15 is 0 Å². The van der Waals surface area contributed by atoms with E-state index in [-0.39, 0.29) is 0 Å². The van der Waals surface area contributed by atoms with Gasteiger partial charge in [-0.2, -0.15) is 0 Å². The van der Waals surface area contributed by atoms with Crippen LogP contribution in [0.15, 0.2) is 30.3 Å². The average molecular weight is 208 g/mol. The lowest BCUT2D eigenvalue weighted by atomic mass is 10.1. The van der Waals surface area contributed by atoms with E-state index in [1.165, 1.54) is 0 Å². The lowest BCUT2D eigenvalue weighted by molar-refractivity contribution is 0.517. The van der Waals surface area contributed by atoms with Crippen molar-refractivity contribution in [3.8, 4) is 0 Å². The highest BCUT2D eigenvalue weighted by Gasteiger charge is 2.07. The zero-order valence-corrected chi connectivity index (χ0v) is 9.14. The maximum Gasteiger partial charge on any atom is 0.166 e. The van der Waals surface area contributed by atoms with Crippen LogP contribution in [0.2, 0.25) is 0 Å². The second-order valence-electron chi connectivity index (χ2n) is 3.03. The molecule has 0 heterocycles. The first-order valence-corrected chi connectivity index (χ1v) is 5.03. The summed E-state index contributed by atoms with van der Waals surface area (Å²) in [5.41, 5.74) is 0.759. The summed E-state index contributed by atoms with van der Waals surface area (Å²) < 4.78 is 26.1. The van der Waals surface area contributed by atoms with Gasteiger partial charge in [-0.15, -0.1) is 0 Å². The molecule has 15 heavy (non-hydrogen) atoms. The second-order valence-corrected chi connectivity index (χ2v) is 3.03. The van der Waals surface area contributed by atoms with E-state index in [0.717, 1.165) is 17.0 Å². The van der Waals surface area contributed by atoms with Crippen molar-refractivity contribution < 1.29 is 8.78 Å². The van der Waals surface area contributed by atoms with Gasteiger partial charge in [0.15, 0.2) is 11.6 Å². The summed E-state index contributed by atoms with van der Waals surface area (Å²) in [5, 5.41) is 1.11. The standard InChI is InChI=1S/C11H8F2.C2H6/c1-7-3-2-4-8-5-6-9(12)11(13)10(7)8;1-2/h2-6H,1H3;1-2H3. The van der Waals surface area contributed by atoms with Crippen LogP contribution in [-0.4, -0.2) is 0 Å². The van der Waals surface area contributed by atoms with Crippen LogP contribution in [0.3, 0.4) is 0 Å². The van der Waals surface area contributed by atoms with Crippen molar-refractivity contribution in [3.05, 3.63) is 47.5 Å². The number of halogens is 2. The minimum Gasteiger partial charge on any atom is -0.204 e. The van der Waals surface area contributed by atoms with Gasteiger partial charge in [0.25, 0.3) is 0 Å². The largest absolute Gasteiger partial charge is 0.204 e. The monoisotopic (exact) mass is 208 g/mol. The van der Waals surface area contributed by atoms with Crippen molar-refractivity contribution in [2.45, 2.75) is 20.8 Å². The van der Waals surface area contributed by atoms with Crippen LogP contribution in [-0.2, 0) is 0 Å². The molecule has 2 rings (SSSR count). The molecule has 0 aliphatic rings. The summed E-state index contributed by atoms with van der Waals surface area (Å²) in [5.74, 6) is -1.54. The van der Waals surface area contributed by atoms with Gasteiger partial charge in [-0.25, -0.2) is 8.78 Å². The Morgan fingerprint density at radius 1 is 0.933 bits per heavy atom. The van der Waals surface area contributed by atoms with Crippen LogP contribution in [0, 0.1) is 18.6 Å². The SMILES string of the molecule is CC.Cc1cccc2ccc(F)c(F)c12. The molecule has 0 unspecified atom stereocenters. The molecule has 2 aromatic rings. The van der Waals surface area contributed by atoms with Gasteiger partial charge < -0.3 is 0 Å². The first-order valence-electron chi connectivity index (χ1n) is 5.03. The van der Waals surface area contributed by atoms with Crippen molar-refractivity contribution in [1.29, 1.82) is 0 Å². The third-order valence-electron chi connectivity index (χ3n) is 2.14. The average Bonchev–Trinajstić information content (AvgIpc) is 2.26. The normalized spacial score (nSPS) is 9.67. The summed E-state index contributed by atoms with van der Waals surface area (Å²) in [6.07, 6.45) is 0. The molecule has 2 aromatic carbocycles. The molecule has 0 saturated carbocycles. The number of benzene rings is 2. The van der Waals surface area contributed by atoms with Gasteiger partial charge in [-0.3, -0.25) is 0 Å². The van der Waals surface area contributed by atoms with Crippen molar-refractivity contribution in [2.24, 2.45) is 0 Å². The summed E-state index contributed by atoms with van der Waals surface area (Å²) in [6.45, 7) is 5.77. The molecular weight excluding hydrogens is 194 g/mol. The fourth-order valence-electron chi connectivity index (χ4n) is 1.48. The Labute approximate surface area is 88.5 Å². The third-order valence-corrected chi connectivity index (χ3v) is 2.14. The highest BCUT2D eigenvalue weighted by molar-refractivity contribution is 5.86. The molecule has 0 atom stereocenters. The molecule has 0 aromatic heterocycles. The molecule has 0 bridgehead atoms. The number of aryl methyl sites for hydroxylation is 1. The predicted octanol–water partition coefficient (Wildman–Crippen LogP) is 4.45. The first-order chi connectivity index (χ1) is 7.20. The van der Waals surface area contributed by atoms with Gasteiger partial charge in [-0.1, -0.05) is 38.1 Å². The van der Waals surface area contributed by atoms with Crippen LogP contribution in [0.4, 0.5) is 8.78 Å². The van der Waals surface area contributed by atoms with Crippen LogP contribution in [0.5, 0.6) is 0 Å². The number of fused-ring (bicyclic) bond motifs is 1. The molecule has 0 saturated heterocycles.